The Morgan fingerprint density at radius 2 is 1.91 bits per heavy atom. The van der Waals surface area contributed by atoms with Crippen LogP contribution in [0.5, 0.6) is 0 Å². The summed E-state index contributed by atoms with van der Waals surface area (Å²) in [6.07, 6.45) is 2.83. The molecule has 0 spiro atoms. The number of halogens is 2. The number of aliphatic imine (C=N–C) groups is 1. The Kier molecular flexibility index (Phi) is 6.06. The number of nitrogens with one attached hydrogen (secondary N) is 3. The number of Topliss-reactive ketones (excluding diaryl/α,β-unsaturated/α-hetero) is 1. The van der Waals surface area contributed by atoms with Crippen LogP contribution in [0.3, 0.4) is 0 Å². The van der Waals surface area contributed by atoms with Crippen LogP contribution < -0.4 is 16.0 Å². The largest absolute Gasteiger partial charge is 0.356 e. The minimum atomic E-state index is -2.61. The highest BCUT2D eigenvalue weighted by Crippen LogP contribution is 2.45. The first-order valence-electron chi connectivity index (χ1n) is 11.9. The van der Waals surface area contributed by atoms with Gasteiger partial charge in [0.15, 0.2) is 11.7 Å². The van der Waals surface area contributed by atoms with Gasteiger partial charge in [0.1, 0.15) is 0 Å². The van der Waals surface area contributed by atoms with Gasteiger partial charge in [-0.1, -0.05) is 12.1 Å². The van der Waals surface area contributed by atoms with Crippen LogP contribution in [0.25, 0.3) is 0 Å². The Balaban J connectivity index is 1.28. The first kappa shape index (κ1) is 22.5. The van der Waals surface area contributed by atoms with Gasteiger partial charge in [-0.3, -0.25) is 19.9 Å². The summed E-state index contributed by atoms with van der Waals surface area (Å²) in [6.45, 7) is 1.50. The molecule has 5 rings (SSSR count). The van der Waals surface area contributed by atoms with Crippen LogP contribution >= 0.6 is 0 Å². The lowest BCUT2D eigenvalue weighted by molar-refractivity contribution is -0.109. The standard InChI is InChI=1S/C26H28F2N4O2/c27-26(28)14-16(15-26)11-23(33)18-3-1-4-20(12-18)31-22-8-7-19(13-21(22)17-5-6-17)24(34)32-25-29-9-2-10-30-25/h1,3-4,7-8,12-13,16-17,31H,2,5-6,9-11,14-15H2,(H2,29,30,32,34). The van der Waals surface area contributed by atoms with E-state index < -0.39 is 5.92 Å². The van der Waals surface area contributed by atoms with E-state index in [0.29, 0.717) is 29.5 Å². The molecule has 8 heteroatoms. The number of alkyl halides is 2. The van der Waals surface area contributed by atoms with Crippen LogP contribution in [0.2, 0.25) is 0 Å². The van der Waals surface area contributed by atoms with Crippen LogP contribution in [-0.2, 0) is 0 Å². The van der Waals surface area contributed by atoms with Crippen molar-refractivity contribution in [2.24, 2.45) is 10.9 Å². The maximum Gasteiger partial charge on any atom is 0.257 e. The zero-order valence-corrected chi connectivity index (χ0v) is 18.9. The van der Waals surface area contributed by atoms with Crippen molar-refractivity contribution in [1.29, 1.82) is 0 Å². The number of hydrogen-bond acceptors (Lipinski definition) is 5. The van der Waals surface area contributed by atoms with Crippen LogP contribution in [0.1, 0.15) is 70.7 Å². The fraction of sp³-hybridized carbons (Fsp3) is 0.423. The second-order valence-corrected chi connectivity index (χ2v) is 9.50. The normalized spacial score (nSPS) is 19.4. The Labute approximate surface area is 197 Å². The average Bonchev–Trinajstić information content (AvgIpc) is 3.64. The summed E-state index contributed by atoms with van der Waals surface area (Å²) in [5.41, 5.74) is 3.81. The maximum atomic E-state index is 13.1. The van der Waals surface area contributed by atoms with Crippen LogP contribution in [0.4, 0.5) is 20.2 Å². The molecule has 2 fully saturated rings. The highest BCUT2D eigenvalue weighted by molar-refractivity contribution is 6.06. The molecule has 34 heavy (non-hydrogen) atoms. The van der Waals surface area contributed by atoms with Crippen molar-refractivity contribution in [3.05, 3.63) is 59.2 Å². The van der Waals surface area contributed by atoms with Gasteiger partial charge in [-0.05, 0) is 67.0 Å². The number of rotatable bonds is 7. The predicted octanol–water partition coefficient (Wildman–Crippen LogP) is 5.00. The van der Waals surface area contributed by atoms with Crippen molar-refractivity contribution in [1.82, 2.24) is 10.6 Å². The molecule has 0 bridgehead atoms. The van der Waals surface area contributed by atoms with Crippen molar-refractivity contribution < 1.29 is 18.4 Å². The van der Waals surface area contributed by atoms with Gasteiger partial charge in [0.2, 0.25) is 5.92 Å². The van der Waals surface area contributed by atoms with E-state index in [4.69, 9.17) is 0 Å². The summed E-state index contributed by atoms with van der Waals surface area (Å²) in [5, 5.41) is 9.32. The van der Waals surface area contributed by atoms with Crippen molar-refractivity contribution in [3.8, 4) is 0 Å². The second kappa shape index (κ2) is 9.16. The minimum Gasteiger partial charge on any atom is -0.356 e. The number of carbonyl (C=O) groups is 2. The fourth-order valence-corrected chi connectivity index (χ4v) is 4.58. The molecule has 0 radical (unpaired) electrons. The van der Waals surface area contributed by atoms with E-state index in [2.05, 4.69) is 20.9 Å². The molecule has 2 aromatic rings. The smallest absolute Gasteiger partial charge is 0.257 e. The molecule has 1 aliphatic heterocycles. The summed E-state index contributed by atoms with van der Waals surface area (Å²) in [7, 11) is 0. The molecule has 0 unspecified atom stereocenters. The number of ketones is 1. The molecular formula is C26H28F2N4O2. The lowest BCUT2D eigenvalue weighted by Gasteiger charge is -2.34. The fourth-order valence-electron chi connectivity index (χ4n) is 4.58. The Bertz CT molecular complexity index is 1140. The van der Waals surface area contributed by atoms with Gasteiger partial charge < -0.3 is 10.6 Å². The summed E-state index contributed by atoms with van der Waals surface area (Å²) < 4.78 is 26.2. The first-order valence-corrected chi connectivity index (χ1v) is 11.9. The molecule has 3 aliphatic rings. The van der Waals surface area contributed by atoms with Gasteiger partial charge in [0.25, 0.3) is 5.91 Å². The van der Waals surface area contributed by atoms with Crippen LogP contribution in [-0.4, -0.2) is 36.7 Å². The SMILES string of the molecule is O=C(CC1CC(F)(F)C1)c1cccc(Nc2ccc(C(=O)NC3=NCCCN3)cc2C2CC2)c1. The third kappa shape index (κ3) is 5.26. The average molecular weight is 467 g/mol. The van der Waals surface area contributed by atoms with Gasteiger partial charge in [-0.25, -0.2) is 8.78 Å². The molecule has 2 saturated carbocycles. The second-order valence-electron chi connectivity index (χ2n) is 9.50. The van der Waals surface area contributed by atoms with Crippen molar-refractivity contribution >= 4 is 29.0 Å². The molecule has 3 N–H and O–H groups in total. The predicted molar refractivity (Wildman–Crippen MR) is 127 cm³/mol. The number of hydrogen-bond donors (Lipinski definition) is 3. The van der Waals surface area contributed by atoms with E-state index in [-0.39, 0.29) is 36.9 Å². The van der Waals surface area contributed by atoms with Gasteiger partial charge in [0.05, 0.1) is 0 Å². The number of guanidine groups is 1. The Hall–Kier alpha value is -3.29. The summed E-state index contributed by atoms with van der Waals surface area (Å²) in [5.74, 6) is -2.26. The van der Waals surface area contributed by atoms with Gasteiger partial charge in [-0.2, -0.15) is 0 Å². The maximum absolute atomic E-state index is 13.1. The number of benzene rings is 2. The Morgan fingerprint density at radius 1 is 1.09 bits per heavy atom. The molecule has 6 nitrogen and oxygen atoms in total. The quantitative estimate of drug-likeness (QED) is 0.502. The minimum absolute atomic E-state index is 0.113. The third-order valence-corrected chi connectivity index (χ3v) is 6.57. The van der Waals surface area contributed by atoms with Gasteiger partial charge >= 0.3 is 0 Å². The number of nitrogens with zero attached hydrogens (tertiary/aromatic N) is 1. The molecule has 2 aromatic carbocycles. The van der Waals surface area contributed by atoms with Crippen molar-refractivity contribution in [3.63, 3.8) is 0 Å². The number of anilines is 2. The monoisotopic (exact) mass is 466 g/mol. The molecule has 1 heterocycles. The van der Waals surface area contributed by atoms with Crippen molar-refractivity contribution in [2.45, 2.75) is 50.4 Å². The Morgan fingerprint density at radius 3 is 2.62 bits per heavy atom. The van der Waals surface area contributed by atoms with Crippen LogP contribution in [0, 0.1) is 5.92 Å². The topological polar surface area (TPSA) is 82.6 Å². The molecule has 0 atom stereocenters. The first-order chi connectivity index (χ1) is 16.4. The molecule has 1 amide bonds. The van der Waals surface area contributed by atoms with Gasteiger partial charge in [-0.15, -0.1) is 0 Å². The van der Waals surface area contributed by atoms with E-state index in [1.165, 1.54) is 0 Å². The van der Waals surface area contributed by atoms with E-state index >= 15 is 0 Å². The molecule has 0 saturated heterocycles. The lowest BCUT2D eigenvalue weighted by atomic mass is 9.77. The van der Waals surface area contributed by atoms with E-state index in [1.54, 1.807) is 24.3 Å². The number of carbonyl (C=O) groups excluding carboxylic acids is 2. The summed E-state index contributed by atoms with van der Waals surface area (Å²) in [6, 6.07) is 12.7. The zero-order valence-electron chi connectivity index (χ0n) is 18.9. The van der Waals surface area contributed by atoms with E-state index in [9.17, 15) is 18.4 Å². The third-order valence-electron chi connectivity index (χ3n) is 6.57. The number of amides is 1. The van der Waals surface area contributed by atoms with E-state index in [1.807, 2.05) is 18.2 Å². The summed E-state index contributed by atoms with van der Waals surface area (Å²) in [4.78, 5) is 29.6. The molecular weight excluding hydrogens is 438 g/mol. The zero-order chi connectivity index (χ0) is 23.7. The van der Waals surface area contributed by atoms with Gasteiger partial charge in [0, 0.05) is 54.9 Å². The highest BCUT2D eigenvalue weighted by atomic mass is 19.3. The highest BCUT2D eigenvalue weighted by Gasteiger charge is 2.45. The van der Waals surface area contributed by atoms with E-state index in [0.717, 1.165) is 42.7 Å². The van der Waals surface area contributed by atoms with Crippen LogP contribution in [0.15, 0.2) is 47.5 Å². The summed E-state index contributed by atoms with van der Waals surface area (Å²) >= 11 is 0. The molecule has 2 aliphatic carbocycles. The lowest BCUT2D eigenvalue weighted by Crippen LogP contribution is -2.43. The molecule has 0 aromatic heterocycles. The van der Waals surface area contributed by atoms with Crippen molar-refractivity contribution in [2.75, 3.05) is 18.4 Å². The molecule has 178 valence electrons.